The Balaban J connectivity index is 0. The second-order valence-electron chi connectivity index (χ2n) is 6.18. The zero-order chi connectivity index (χ0) is 16.3. The summed E-state index contributed by atoms with van der Waals surface area (Å²) in [6.07, 6.45) is 18.5. The van der Waals surface area contributed by atoms with Crippen LogP contribution in [0.1, 0.15) is 91.9 Å². The van der Waals surface area contributed by atoms with Gasteiger partial charge in [-0.25, -0.2) is 0 Å². The first-order chi connectivity index (χ1) is 10.1. The molecule has 0 aromatic carbocycles. The zero-order valence-corrected chi connectivity index (χ0v) is 18.2. The van der Waals surface area contributed by atoms with Gasteiger partial charge >= 0.3 is 44.1 Å². The summed E-state index contributed by atoms with van der Waals surface area (Å²) in [7, 11) is 0. The van der Waals surface area contributed by atoms with E-state index in [2.05, 4.69) is 43.9 Å². The smallest absolute Gasteiger partial charge is 0.0491 e. The van der Waals surface area contributed by atoms with E-state index >= 15 is 0 Å². The largest absolute Gasteiger partial charge is 0.344 e. The van der Waals surface area contributed by atoms with Crippen LogP contribution in [0.3, 0.4) is 0 Å². The predicted molar refractivity (Wildman–Crippen MR) is 92.5 cm³/mol. The normalized spacial score (nSPS) is 18.1. The van der Waals surface area contributed by atoms with Gasteiger partial charge in [-0.15, -0.1) is 0 Å². The van der Waals surface area contributed by atoms with Crippen LogP contribution < -0.4 is 0 Å². The van der Waals surface area contributed by atoms with Gasteiger partial charge in [0.05, 0.1) is 0 Å². The van der Waals surface area contributed by atoms with E-state index in [0.29, 0.717) is 6.04 Å². The molecular weight excluding hydrogens is 423 g/mol. The molecular formula is C19H38NTa-3. The van der Waals surface area contributed by atoms with E-state index in [9.17, 15) is 0 Å². The Morgan fingerprint density at radius 2 is 1.43 bits per heavy atom. The van der Waals surface area contributed by atoms with Gasteiger partial charge in [0, 0.05) is 0 Å². The van der Waals surface area contributed by atoms with E-state index in [1.165, 1.54) is 57.8 Å². The molecule has 0 aromatic heterocycles. The average molecular weight is 461 g/mol. The van der Waals surface area contributed by atoms with Crippen molar-refractivity contribution in [2.75, 3.05) is 0 Å². The fraction of sp³-hybridized carbons (Fsp3) is 0.842. The zero-order valence-electron chi connectivity index (χ0n) is 15.0. The Bertz CT molecular complexity index is 170. The van der Waals surface area contributed by atoms with E-state index in [1.54, 1.807) is 0 Å². The summed E-state index contributed by atoms with van der Waals surface area (Å²) >= 11 is 1.16. The van der Waals surface area contributed by atoms with Crippen LogP contribution in [0.5, 0.6) is 0 Å². The maximum absolute atomic E-state index is 4.00. The first-order valence-electron chi connectivity index (χ1n) is 8.85. The monoisotopic (exact) mass is 461 g/mol. The van der Waals surface area contributed by atoms with Crippen molar-refractivity contribution in [1.29, 1.82) is 0 Å². The average Bonchev–Trinajstić information content (AvgIpc) is 2.52. The Morgan fingerprint density at radius 1 is 1.05 bits per heavy atom. The molecule has 2 heteroatoms. The van der Waals surface area contributed by atoms with E-state index < -0.39 is 0 Å². The van der Waals surface area contributed by atoms with Crippen LogP contribution in [0.25, 0.3) is 0 Å². The SMILES string of the molecule is CC(C)[N]=[Ta].CC1CC[CH-]CC1.[CH-]1CCCCC1.[CH2-]CC. The van der Waals surface area contributed by atoms with Gasteiger partial charge in [-0.05, 0) is 5.92 Å². The van der Waals surface area contributed by atoms with Gasteiger partial charge in [-0.3, -0.25) is 0 Å². The van der Waals surface area contributed by atoms with Gasteiger partial charge in [-0.1, -0.05) is 46.0 Å². The van der Waals surface area contributed by atoms with E-state index in [-0.39, 0.29) is 0 Å². The van der Waals surface area contributed by atoms with Crippen molar-refractivity contribution in [3.05, 3.63) is 19.8 Å². The summed E-state index contributed by atoms with van der Waals surface area (Å²) in [6, 6.07) is 0.559. The summed E-state index contributed by atoms with van der Waals surface area (Å²) in [4.78, 5) is 0. The van der Waals surface area contributed by atoms with Crippen LogP contribution in [0.15, 0.2) is 3.34 Å². The molecule has 0 bridgehead atoms. The van der Waals surface area contributed by atoms with Crippen LogP contribution in [0.4, 0.5) is 0 Å². The molecule has 2 aliphatic rings. The molecule has 2 aliphatic carbocycles. The molecule has 21 heavy (non-hydrogen) atoms. The third kappa shape index (κ3) is 25.8. The molecule has 0 amide bonds. The number of hydrogen-bond acceptors (Lipinski definition) is 1. The van der Waals surface area contributed by atoms with Crippen LogP contribution in [-0.4, -0.2) is 6.04 Å². The van der Waals surface area contributed by atoms with E-state index in [0.717, 1.165) is 33.2 Å². The Kier molecular flexibility index (Phi) is 23.3. The van der Waals surface area contributed by atoms with Gasteiger partial charge in [0.25, 0.3) is 0 Å². The number of hydrogen-bond donors (Lipinski definition) is 0. The van der Waals surface area contributed by atoms with Gasteiger partial charge < -0.3 is 19.8 Å². The molecule has 0 N–H and O–H groups in total. The Hall–Kier alpha value is 0.540. The van der Waals surface area contributed by atoms with E-state index in [4.69, 9.17) is 0 Å². The molecule has 127 valence electrons. The van der Waals surface area contributed by atoms with Crippen molar-refractivity contribution in [3.8, 4) is 0 Å². The van der Waals surface area contributed by atoms with Gasteiger partial charge in [0.2, 0.25) is 0 Å². The van der Waals surface area contributed by atoms with Crippen LogP contribution in [0, 0.1) is 25.7 Å². The summed E-state index contributed by atoms with van der Waals surface area (Å²) < 4.78 is 4.00. The van der Waals surface area contributed by atoms with Gasteiger partial charge in [0.1, 0.15) is 0 Å². The summed E-state index contributed by atoms with van der Waals surface area (Å²) in [6.45, 7) is 12.0. The maximum Gasteiger partial charge on any atom is -0.0491 e. The molecule has 0 aliphatic heterocycles. The first kappa shape index (κ1) is 23.8. The molecule has 2 rings (SSSR count). The second-order valence-corrected chi connectivity index (χ2v) is 7.01. The van der Waals surface area contributed by atoms with Crippen molar-refractivity contribution in [2.24, 2.45) is 9.26 Å². The van der Waals surface area contributed by atoms with Crippen molar-refractivity contribution >= 4 is 0 Å². The fourth-order valence-electron chi connectivity index (χ4n) is 1.99. The molecule has 0 aromatic rings. The molecule has 1 nitrogen and oxygen atoms in total. The molecule has 0 heterocycles. The minimum absolute atomic E-state index is 0.559. The minimum atomic E-state index is 0.559. The van der Waals surface area contributed by atoms with Crippen molar-refractivity contribution in [1.82, 2.24) is 0 Å². The molecule has 0 saturated heterocycles. The van der Waals surface area contributed by atoms with Crippen LogP contribution in [-0.2, 0) is 20.9 Å². The summed E-state index contributed by atoms with van der Waals surface area (Å²) in [5.41, 5.74) is 0. The molecule has 2 saturated carbocycles. The Morgan fingerprint density at radius 3 is 1.57 bits per heavy atom. The second kappa shape index (κ2) is 20.5. The minimum Gasteiger partial charge on any atom is -0.344 e. The van der Waals surface area contributed by atoms with E-state index in [1.807, 2.05) is 6.92 Å². The van der Waals surface area contributed by atoms with Crippen LogP contribution in [0.2, 0.25) is 0 Å². The molecule has 0 spiro atoms. The molecule has 2 fully saturated rings. The number of rotatable bonds is 1. The van der Waals surface area contributed by atoms with Crippen LogP contribution >= 0.6 is 0 Å². The molecule has 0 radical (unpaired) electrons. The summed E-state index contributed by atoms with van der Waals surface area (Å²) in [5, 5.41) is 0. The van der Waals surface area contributed by atoms with Crippen molar-refractivity contribution < 1.29 is 20.9 Å². The number of nitrogens with zero attached hydrogens (tertiary/aromatic N) is 1. The quantitative estimate of drug-likeness (QED) is 0.376. The van der Waals surface area contributed by atoms with Gasteiger partial charge in [-0.2, -0.15) is 32.1 Å². The third-order valence-electron chi connectivity index (χ3n) is 3.27. The molecule has 0 unspecified atom stereocenters. The third-order valence-corrected chi connectivity index (χ3v) is 4.93. The molecule has 0 atom stereocenters. The van der Waals surface area contributed by atoms with Gasteiger partial charge in [0.15, 0.2) is 0 Å². The fourth-order valence-corrected chi connectivity index (χ4v) is 1.99. The van der Waals surface area contributed by atoms with Crippen molar-refractivity contribution in [3.63, 3.8) is 0 Å². The Labute approximate surface area is 147 Å². The maximum atomic E-state index is 4.00. The summed E-state index contributed by atoms with van der Waals surface area (Å²) in [5.74, 6) is 1.00. The topological polar surface area (TPSA) is 12.4 Å². The predicted octanol–water partition coefficient (Wildman–Crippen LogP) is 6.91. The first-order valence-corrected chi connectivity index (χ1v) is 10.3. The standard InChI is InChI=1S/C7H13.C6H11.C3H7N.C3H7.Ta/c1-7-5-3-2-4-6-7;1-2-4-6-5-3-1;1-3(2)4;1-3-2;/h2,7H,3-6H2,1H3;1H,2-6H2;3H,1-2H3;1,3H2,2H3;/q2*-1;;-1;. The van der Waals surface area contributed by atoms with Crippen molar-refractivity contribution in [2.45, 2.75) is 97.9 Å².